The Morgan fingerprint density at radius 2 is 1.96 bits per heavy atom. The Morgan fingerprint density at radius 3 is 2.80 bits per heavy atom. The van der Waals surface area contributed by atoms with Crippen LogP contribution in [0, 0.1) is 6.92 Å². The first-order valence-electron chi connectivity index (χ1n) is 7.88. The highest BCUT2D eigenvalue weighted by Crippen LogP contribution is 2.18. The third-order valence-electron chi connectivity index (χ3n) is 3.83. The van der Waals surface area contributed by atoms with Gasteiger partial charge < -0.3 is 15.3 Å². The first-order valence-corrected chi connectivity index (χ1v) is 7.88. The van der Waals surface area contributed by atoms with Crippen LogP contribution in [0.15, 0.2) is 53.6 Å². The van der Waals surface area contributed by atoms with Crippen LogP contribution in [0.5, 0.6) is 0 Å². The second-order valence-corrected chi connectivity index (χ2v) is 5.77. The van der Waals surface area contributed by atoms with Crippen LogP contribution < -0.4 is 11.0 Å². The number of nitrogens with one attached hydrogen (secondary N) is 3. The molecule has 25 heavy (non-hydrogen) atoms. The van der Waals surface area contributed by atoms with Gasteiger partial charge in [0.2, 0.25) is 0 Å². The summed E-state index contributed by atoms with van der Waals surface area (Å²) in [4.78, 5) is 30.0. The monoisotopic (exact) mass is 332 g/mol. The first-order chi connectivity index (χ1) is 12.2. The molecule has 7 nitrogen and oxygen atoms in total. The molecule has 0 unspecified atom stereocenters. The highest BCUT2D eigenvalue weighted by atomic mass is 16.1. The van der Waals surface area contributed by atoms with Crippen molar-refractivity contribution >= 4 is 16.9 Å². The fourth-order valence-electron chi connectivity index (χ4n) is 2.67. The first kappa shape index (κ1) is 15.1. The van der Waals surface area contributed by atoms with Crippen LogP contribution in [-0.4, -0.2) is 24.9 Å². The molecule has 0 saturated heterocycles. The van der Waals surface area contributed by atoms with Crippen LogP contribution in [0.2, 0.25) is 0 Å². The maximum absolute atomic E-state index is 11.3. The van der Waals surface area contributed by atoms with Crippen LogP contribution in [0.1, 0.15) is 11.3 Å². The Hall–Kier alpha value is -3.48. The maximum Gasteiger partial charge on any atom is 0.323 e. The number of hydrogen-bond donors (Lipinski definition) is 3. The number of rotatable bonds is 4. The molecule has 4 aromatic rings. The average molecular weight is 332 g/mol. The fourth-order valence-corrected chi connectivity index (χ4v) is 2.67. The third-order valence-corrected chi connectivity index (χ3v) is 3.83. The number of nitrogens with zero attached hydrogens (tertiary/aromatic N) is 3. The highest BCUT2D eigenvalue weighted by Gasteiger charge is 2.06. The third kappa shape index (κ3) is 3.25. The van der Waals surface area contributed by atoms with E-state index in [1.807, 2.05) is 43.3 Å². The smallest absolute Gasteiger partial charge is 0.323 e. The number of pyridine rings is 1. The summed E-state index contributed by atoms with van der Waals surface area (Å²) in [6, 6.07) is 11.5. The summed E-state index contributed by atoms with van der Waals surface area (Å²) >= 11 is 0. The van der Waals surface area contributed by atoms with Crippen LogP contribution in [0.25, 0.3) is 22.4 Å². The Kier molecular flexibility index (Phi) is 3.74. The lowest BCUT2D eigenvalue weighted by Crippen LogP contribution is -2.04. The van der Waals surface area contributed by atoms with Gasteiger partial charge in [0.15, 0.2) is 5.82 Å². The van der Waals surface area contributed by atoms with Crippen molar-refractivity contribution in [3.05, 3.63) is 70.5 Å². The van der Waals surface area contributed by atoms with Crippen LogP contribution in [0.3, 0.4) is 0 Å². The zero-order valence-electron chi connectivity index (χ0n) is 13.6. The fraction of sp³-hybridized carbons (Fsp3) is 0.111. The van der Waals surface area contributed by atoms with E-state index in [1.54, 1.807) is 12.4 Å². The normalized spacial score (nSPS) is 10.9. The standard InChI is InChI=1S/C18H16N6O/c1-11-7-16(24-17(21-11)13-3-2-6-19-10-13)20-9-12-4-5-14-15(8-12)23-18(25)22-14/h2-8,10H,9H2,1H3,(H,20,21,24)(H2,22,23,25). The van der Waals surface area contributed by atoms with Crippen molar-refractivity contribution in [3.63, 3.8) is 0 Å². The number of fused-ring (bicyclic) bond motifs is 1. The van der Waals surface area contributed by atoms with Gasteiger partial charge in [-0.25, -0.2) is 14.8 Å². The molecule has 124 valence electrons. The molecule has 0 atom stereocenters. The summed E-state index contributed by atoms with van der Waals surface area (Å²) in [7, 11) is 0. The van der Waals surface area contributed by atoms with Gasteiger partial charge in [-0.15, -0.1) is 0 Å². The Balaban J connectivity index is 1.57. The van der Waals surface area contributed by atoms with Crippen molar-refractivity contribution < 1.29 is 0 Å². The second-order valence-electron chi connectivity index (χ2n) is 5.77. The van der Waals surface area contributed by atoms with Gasteiger partial charge in [-0.3, -0.25) is 4.98 Å². The quantitative estimate of drug-likeness (QED) is 0.533. The van der Waals surface area contributed by atoms with Gasteiger partial charge >= 0.3 is 5.69 Å². The number of aromatic nitrogens is 5. The van der Waals surface area contributed by atoms with Gasteiger partial charge in [-0.1, -0.05) is 6.07 Å². The predicted molar refractivity (Wildman–Crippen MR) is 96.2 cm³/mol. The SMILES string of the molecule is Cc1cc(NCc2ccc3[nH]c(=O)[nH]c3c2)nc(-c2cccnc2)n1. The summed E-state index contributed by atoms with van der Waals surface area (Å²) in [5.41, 5.74) is 4.18. The zero-order chi connectivity index (χ0) is 17.2. The van der Waals surface area contributed by atoms with Gasteiger partial charge in [-0.2, -0.15) is 0 Å². The minimum atomic E-state index is -0.201. The molecule has 0 aliphatic rings. The molecule has 0 aliphatic heterocycles. The predicted octanol–water partition coefficient (Wildman–Crippen LogP) is 2.63. The number of H-pyrrole nitrogens is 2. The van der Waals surface area contributed by atoms with E-state index in [-0.39, 0.29) is 5.69 Å². The number of aryl methyl sites for hydroxylation is 1. The molecule has 1 aromatic carbocycles. The summed E-state index contributed by atoms with van der Waals surface area (Å²) in [6.07, 6.45) is 3.47. The van der Waals surface area contributed by atoms with E-state index >= 15 is 0 Å². The van der Waals surface area contributed by atoms with Gasteiger partial charge in [0.25, 0.3) is 0 Å². The van der Waals surface area contributed by atoms with Crippen molar-refractivity contribution in [1.29, 1.82) is 0 Å². The van der Waals surface area contributed by atoms with Crippen LogP contribution in [-0.2, 0) is 6.54 Å². The minimum absolute atomic E-state index is 0.201. The number of hydrogen-bond acceptors (Lipinski definition) is 5. The topological polar surface area (TPSA) is 99.3 Å². The molecule has 0 amide bonds. The lowest BCUT2D eigenvalue weighted by Gasteiger charge is -2.09. The molecule has 0 fully saturated rings. The van der Waals surface area contributed by atoms with Gasteiger partial charge in [0.05, 0.1) is 11.0 Å². The van der Waals surface area contributed by atoms with E-state index in [1.165, 1.54) is 0 Å². The van der Waals surface area contributed by atoms with Gasteiger partial charge in [0.1, 0.15) is 5.82 Å². The summed E-state index contributed by atoms with van der Waals surface area (Å²) in [6.45, 7) is 2.52. The summed E-state index contributed by atoms with van der Waals surface area (Å²) in [5.74, 6) is 1.38. The van der Waals surface area contributed by atoms with E-state index in [0.29, 0.717) is 12.4 Å². The molecule has 0 aliphatic carbocycles. The lowest BCUT2D eigenvalue weighted by molar-refractivity contribution is 1.06. The Labute approximate surface area is 143 Å². The van der Waals surface area contributed by atoms with Crippen molar-refractivity contribution in [2.75, 3.05) is 5.32 Å². The summed E-state index contributed by atoms with van der Waals surface area (Å²) in [5, 5.41) is 3.31. The van der Waals surface area contributed by atoms with E-state index in [9.17, 15) is 4.79 Å². The van der Waals surface area contributed by atoms with Gasteiger partial charge in [-0.05, 0) is 36.8 Å². The molecule has 0 spiro atoms. The Morgan fingerprint density at radius 1 is 1.08 bits per heavy atom. The molecule has 4 rings (SSSR count). The van der Waals surface area contributed by atoms with Gasteiger partial charge in [0, 0.05) is 36.3 Å². The van der Waals surface area contributed by atoms with E-state index in [0.717, 1.165) is 33.7 Å². The highest BCUT2D eigenvalue weighted by molar-refractivity contribution is 5.75. The molecule has 7 heteroatoms. The molecule has 0 radical (unpaired) electrons. The number of benzene rings is 1. The lowest BCUT2D eigenvalue weighted by atomic mass is 10.2. The molecule has 3 aromatic heterocycles. The largest absolute Gasteiger partial charge is 0.366 e. The molecular weight excluding hydrogens is 316 g/mol. The zero-order valence-corrected chi connectivity index (χ0v) is 13.6. The maximum atomic E-state index is 11.3. The average Bonchev–Trinajstić information content (AvgIpc) is 2.99. The van der Waals surface area contributed by atoms with Crippen molar-refractivity contribution in [2.24, 2.45) is 0 Å². The van der Waals surface area contributed by atoms with E-state index in [2.05, 4.69) is 30.2 Å². The van der Waals surface area contributed by atoms with Crippen molar-refractivity contribution in [1.82, 2.24) is 24.9 Å². The summed E-state index contributed by atoms with van der Waals surface area (Å²) < 4.78 is 0. The Bertz CT molecular complexity index is 1080. The number of imidazole rings is 1. The van der Waals surface area contributed by atoms with Crippen molar-refractivity contribution in [3.8, 4) is 11.4 Å². The molecule has 0 bridgehead atoms. The van der Waals surface area contributed by atoms with Crippen molar-refractivity contribution in [2.45, 2.75) is 13.5 Å². The molecular formula is C18H16N6O. The van der Waals surface area contributed by atoms with Crippen LogP contribution >= 0.6 is 0 Å². The van der Waals surface area contributed by atoms with E-state index in [4.69, 9.17) is 0 Å². The number of aromatic amines is 2. The molecule has 0 saturated carbocycles. The van der Waals surface area contributed by atoms with E-state index < -0.39 is 0 Å². The molecule has 3 heterocycles. The second kappa shape index (κ2) is 6.20. The van der Waals surface area contributed by atoms with Crippen LogP contribution in [0.4, 0.5) is 5.82 Å². The number of anilines is 1. The molecule has 3 N–H and O–H groups in total. The minimum Gasteiger partial charge on any atom is -0.366 e.